The number of rotatable bonds is 7. The van der Waals surface area contributed by atoms with Crippen molar-refractivity contribution in [2.24, 2.45) is 0 Å². The summed E-state index contributed by atoms with van der Waals surface area (Å²) in [5.41, 5.74) is 1.40. The summed E-state index contributed by atoms with van der Waals surface area (Å²) < 4.78 is 15.5. The molecule has 2 heterocycles. The summed E-state index contributed by atoms with van der Waals surface area (Å²) in [6, 6.07) is 7.05. The molecule has 0 aliphatic carbocycles. The fraction of sp³-hybridized carbons (Fsp3) is 0.300. The number of aromatic nitrogens is 2. The molecule has 158 valence electrons. The number of nitrogens with one attached hydrogen (secondary N) is 1. The monoisotopic (exact) mass is 430 g/mol. The number of hydrogen-bond acceptors (Lipinski definition) is 8. The van der Waals surface area contributed by atoms with Gasteiger partial charge in [-0.3, -0.25) is 9.59 Å². The molecule has 9 nitrogen and oxygen atoms in total. The van der Waals surface area contributed by atoms with Crippen LogP contribution in [-0.2, 0) is 4.79 Å². The highest BCUT2D eigenvalue weighted by Gasteiger charge is 2.22. The van der Waals surface area contributed by atoms with E-state index in [0.717, 1.165) is 5.56 Å². The maximum absolute atomic E-state index is 12.9. The molecule has 2 aromatic heterocycles. The molecule has 0 atom stereocenters. The van der Waals surface area contributed by atoms with Gasteiger partial charge in [0, 0.05) is 18.7 Å². The topological polar surface area (TPSA) is 107 Å². The van der Waals surface area contributed by atoms with E-state index in [4.69, 9.17) is 14.0 Å². The van der Waals surface area contributed by atoms with E-state index in [-0.39, 0.29) is 18.4 Å². The van der Waals surface area contributed by atoms with Crippen molar-refractivity contribution >= 4 is 29.0 Å². The molecule has 0 bridgehead atoms. The molecule has 0 radical (unpaired) electrons. The van der Waals surface area contributed by atoms with E-state index in [2.05, 4.69) is 15.5 Å². The number of hydrogen-bond donors (Lipinski definition) is 1. The maximum Gasteiger partial charge on any atom is 0.266 e. The third kappa shape index (κ3) is 4.60. The van der Waals surface area contributed by atoms with Crippen LogP contribution < -0.4 is 14.8 Å². The van der Waals surface area contributed by atoms with Crippen molar-refractivity contribution in [1.29, 1.82) is 0 Å². The molecular formula is C20H22N4O5S. The Morgan fingerprint density at radius 2 is 1.90 bits per heavy atom. The Labute approximate surface area is 177 Å². The number of amides is 2. The molecule has 30 heavy (non-hydrogen) atoms. The molecule has 0 fully saturated rings. The Morgan fingerprint density at radius 1 is 1.17 bits per heavy atom. The quantitative estimate of drug-likeness (QED) is 0.614. The highest BCUT2D eigenvalue weighted by molar-refractivity contribution is 7.17. The second-order valence-electron chi connectivity index (χ2n) is 6.54. The zero-order valence-corrected chi connectivity index (χ0v) is 18.1. The number of likely N-dealkylation sites (N-methyl/N-ethyl adjacent to an activating group) is 1. The van der Waals surface area contributed by atoms with Crippen LogP contribution in [0.15, 0.2) is 28.8 Å². The minimum absolute atomic E-state index is 0.131. The largest absolute Gasteiger partial charge is 0.493 e. The number of carbonyl (C=O) groups is 2. The van der Waals surface area contributed by atoms with E-state index in [1.165, 1.54) is 16.2 Å². The van der Waals surface area contributed by atoms with Crippen LogP contribution in [0.1, 0.15) is 21.1 Å². The van der Waals surface area contributed by atoms with Gasteiger partial charge in [-0.2, -0.15) is 0 Å². The van der Waals surface area contributed by atoms with Crippen LogP contribution >= 0.6 is 11.3 Å². The fourth-order valence-corrected chi connectivity index (χ4v) is 3.81. The number of aryl methyl sites for hydroxylation is 2. The maximum atomic E-state index is 12.9. The standard InChI is InChI=1S/C20H22N4O5S/c1-11-8-16(23-29-11)22-17(25)10-24(3)20(26)18-12(2)21-19(30-18)13-6-7-14(27-4)15(9-13)28-5/h6-9H,10H2,1-5H3,(H,22,23,25). The van der Waals surface area contributed by atoms with Gasteiger partial charge in [-0.1, -0.05) is 5.16 Å². The predicted octanol–water partition coefficient (Wildman–Crippen LogP) is 3.14. The van der Waals surface area contributed by atoms with Gasteiger partial charge >= 0.3 is 0 Å². The van der Waals surface area contributed by atoms with Gasteiger partial charge in [-0.25, -0.2) is 4.98 Å². The van der Waals surface area contributed by atoms with E-state index in [0.29, 0.717) is 38.7 Å². The predicted molar refractivity (Wildman–Crippen MR) is 112 cm³/mol. The van der Waals surface area contributed by atoms with Gasteiger partial charge in [0.2, 0.25) is 5.91 Å². The van der Waals surface area contributed by atoms with E-state index in [1.807, 2.05) is 12.1 Å². The van der Waals surface area contributed by atoms with Gasteiger partial charge in [-0.15, -0.1) is 11.3 Å². The van der Waals surface area contributed by atoms with Crippen molar-refractivity contribution in [3.8, 4) is 22.1 Å². The van der Waals surface area contributed by atoms with E-state index < -0.39 is 0 Å². The normalized spacial score (nSPS) is 10.6. The number of thiazole rings is 1. The first-order chi connectivity index (χ1) is 14.3. The summed E-state index contributed by atoms with van der Waals surface area (Å²) in [6.07, 6.45) is 0. The molecule has 3 aromatic rings. The van der Waals surface area contributed by atoms with Gasteiger partial charge in [0.25, 0.3) is 5.91 Å². The molecule has 1 N–H and O–H groups in total. The lowest BCUT2D eigenvalue weighted by Crippen LogP contribution is -2.34. The Balaban J connectivity index is 1.73. The molecule has 10 heteroatoms. The summed E-state index contributed by atoms with van der Waals surface area (Å²) in [5.74, 6) is 1.41. The lowest BCUT2D eigenvalue weighted by Gasteiger charge is -2.15. The SMILES string of the molecule is COc1ccc(-c2nc(C)c(C(=O)N(C)CC(=O)Nc3cc(C)on3)s2)cc1OC. The number of anilines is 1. The number of benzene rings is 1. The average Bonchev–Trinajstić information content (AvgIpc) is 3.31. The summed E-state index contributed by atoms with van der Waals surface area (Å²) in [6.45, 7) is 3.36. The number of nitrogens with zero attached hydrogens (tertiary/aromatic N) is 3. The Morgan fingerprint density at radius 3 is 2.53 bits per heavy atom. The minimum Gasteiger partial charge on any atom is -0.493 e. The van der Waals surface area contributed by atoms with Gasteiger partial charge in [0.1, 0.15) is 15.6 Å². The van der Waals surface area contributed by atoms with E-state index in [1.54, 1.807) is 47.2 Å². The Hall–Kier alpha value is -3.40. The van der Waals surface area contributed by atoms with Gasteiger partial charge < -0.3 is 24.2 Å². The summed E-state index contributed by atoms with van der Waals surface area (Å²) in [7, 11) is 4.69. The van der Waals surface area contributed by atoms with E-state index >= 15 is 0 Å². The first-order valence-electron chi connectivity index (χ1n) is 9.00. The van der Waals surface area contributed by atoms with Gasteiger partial charge in [0.05, 0.1) is 26.5 Å². The van der Waals surface area contributed by atoms with Crippen molar-refractivity contribution in [3.05, 3.63) is 40.6 Å². The lowest BCUT2D eigenvalue weighted by molar-refractivity contribution is -0.116. The zero-order valence-electron chi connectivity index (χ0n) is 17.3. The molecule has 0 saturated carbocycles. The van der Waals surface area contributed by atoms with Crippen LogP contribution in [-0.4, -0.2) is 54.7 Å². The van der Waals surface area contributed by atoms with Crippen molar-refractivity contribution in [1.82, 2.24) is 15.0 Å². The zero-order chi connectivity index (χ0) is 21.8. The average molecular weight is 430 g/mol. The van der Waals surface area contributed by atoms with E-state index in [9.17, 15) is 9.59 Å². The third-order valence-corrected chi connectivity index (χ3v) is 5.44. The summed E-state index contributed by atoms with van der Waals surface area (Å²) in [4.78, 5) is 31.4. The third-order valence-electron chi connectivity index (χ3n) is 4.24. The lowest BCUT2D eigenvalue weighted by atomic mass is 10.2. The first-order valence-corrected chi connectivity index (χ1v) is 9.82. The second kappa shape index (κ2) is 8.95. The van der Waals surface area contributed by atoms with Gasteiger partial charge in [0.15, 0.2) is 17.3 Å². The molecular weight excluding hydrogens is 408 g/mol. The van der Waals surface area contributed by atoms with Crippen LogP contribution in [0.2, 0.25) is 0 Å². The van der Waals surface area contributed by atoms with Crippen LogP contribution in [0.5, 0.6) is 11.5 Å². The van der Waals surface area contributed by atoms with Crippen LogP contribution in [0.4, 0.5) is 5.82 Å². The smallest absolute Gasteiger partial charge is 0.266 e. The molecule has 0 unspecified atom stereocenters. The number of methoxy groups -OCH3 is 2. The van der Waals surface area contributed by atoms with Crippen LogP contribution in [0.25, 0.3) is 10.6 Å². The fourth-order valence-electron chi connectivity index (χ4n) is 2.76. The highest BCUT2D eigenvalue weighted by Crippen LogP contribution is 2.35. The molecule has 0 aliphatic rings. The minimum atomic E-state index is -0.374. The molecule has 1 aromatic carbocycles. The summed E-state index contributed by atoms with van der Waals surface area (Å²) in [5, 5.41) is 6.97. The molecule has 0 aliphatic heterocycles. The Bertz CT molecular complexity index is 1080. The first kappa shape index (κ1) is 21.3. The Kier molecular flexibility index (Phi) is 6.36. The second-order valence-corrected chi connectivity index (χ2v) is 7.53. The van der Waals surface area contributed by atoms with Crippen LogP contribution in [0.3, 0.4) is 0 Å². The molecule has 3 rings (SSSR count). The molecule has 0 saturated heterocycles. The highest BCUT2D eigenvalue weighted by atomic mass is 32.1. The number of ether oxygens (including phenoxy) is 2. The molecule has 0 spiro atoms. The van der Waals surface area contributed by atoms with Gasteiger partial charge in [-0.05, 0) is 32.0 Å². The molecule has 2 amide bonds. The number of carbonyl (C=O) groups excluding carboxylic acids is 2. The van der Waals surface area contributed by atoms with Crippen molar-refractivity contribution < 1.29 is 23.6 Å². The van der Waals surface area contributed by atoms with Crippen LogP contribution in [0, 0.1) is 13.8 Å². The summed E-state index contributed by atoms with van der Waals surface area (Å²) >= 11 is 1.26. The van der Waals surface area contributed by atoms with Crippen molar-refractivity contribution in [3.63, 3.8) is 0 Å². The van der Waals surface area contributed by atoms with Crippen molar-refractivity contribution in [2.45, 2.75) is 13.8 Å². The van der Waals surface area contributed by atoms with Crippen molar-refractivity contribution in [2.75, 3.05) is 33.1 Å².